The van der Waals surface area contributed by atoms with Crippen molar-refractivity contribution in [3.8, 4) is 17.2 Å². The minimum absolute atomic E-state index is 0.0960. The van der Waals surface area contributed by atoms with Crippen LogP contribution in [-0.4, -0.2) is 20.2 Å². The van der Waals surface area contributed by atoms with E-state index < -0.39 is 4.92 Å². The van der Waals surface area contributed by atoms with Crippen molar-refractivity contribution in [1.29, 1.82) is 0 Å². The normalized spacial score (nSPS) is 10.9. The molecule has 0 unspecified atom stereocenters. The van der Waals surface area contributed by atoms with Crippen LogP contribution in [0.3, 0.4) is 0 Å². The van der Waals surface area contributed by atoms with E-state index in [4.69, 9.17) is 0 Å². The number of non-ortho nitro benzene ring substituents is 1. The zero-order valence-corrected chi connectivity index (χ0v) is 10.9. The minimum Gasteiger partial charge on any atom is -0.508 e. The number of benzene rings is 2. The highest BCUT2D eigenvalue weighted by Gasteiger charge is 2.11. The van der Waals surface area contributed by atoms with Crippen LogP contribution in [0.1, 0.15) is 5.56 Å². The van der Waals surface area contributed by atoms with Crippen molar-refractivity contribution in [1.82, 2.24) is 0 Å². The number of aryl methyl sites for hydroxylation is 1. The Bertz CT molecular complexity index is 720. The maximum atomic E-state index is 10.7. The molecule has 0 saturated heterocycles. The minimum atomic E-state index is -0.623. The van der Waals surface area contributed by atoms with Crippen LogP contribution in [0.25, 0.3) is 0 Å². The van der Waals surface area contributed by atoms with E-state index in [1.165, 1.54) is 6.07 Å². The van der Waals surface area contributed by atoms with E-state index in [0.717, 1.165) is 24.3 Å². The average Bonchev–Trinajstić information content (AvgIpc) is 2.39. The Morgan fingerprint density at radius 1 is 1.05 bits per heavy atom. The monoisotopic (exact) mass is 289 g/mol. The number of phenolic OH excluding ortho intramolecular Hbond substituents is 3. The molecule has 0 aromatic heterocycles. The second-order valence-electron chi connectivity index (χ2n) is 4.26. The maximum Gasteiger partial charge on any atom is 0.271 e. The highest BCUT2D eigenvalue weighted by molar-refractivity contribution is 5.61. The van der Waals surface area contributed by atoms with Gasteiger partial charge in [0.05, 0.1) is 4.92 Å². The van der Waals surface area contributed by atoms with Gasteiger partial charge < -0.3 is 15.3 Å². The number of nitro benzene ring substituents is 1. The van der Waals surface area contributed by atoms with Crippen molar-refractivity contribution in [3.05, 3.63) is 46.0 Å². The number of hydrogen-bond acceptors (Lipinski definition) is 7. The van der Waals surface area contributed by atoms with Crippen LogP contribution in [0.4, 0.5) is 17.1 Å². The van der Waals surface area contributed by atoms with E-state index in [-0.39, 0.29) is 34.3 Å². The van der Waals surface area contributed by atoms with Gasteiger partial charge in [0.25, 0.3) is 5.69 Å². The third kappa shape index (κ3) is 3.06. The van der Waals surface area contributed by atoms with E-state index >= 15 is 0 Å². The van der Waals surface area contributed by atoms with Crippen molar-refractivity contribution in [3.63, 3.8) is 0 Å². The molecular formula is C13H11N3O5. The molecule has 2 rings (SSSR count). The van der Waals surface area contributed by atoms with Gasteiger partial charge in [-0.15, -0.1) is 10.2 Å². The Balaban J connectivity index is 2.42. The standard InChI is InChI=1S/C13H11N3O5/c1-7-4-9(17)6-12(19)13(7)15-14-10-5-8(16(20)21)2-3-11(10)18/h2-6,17-19H,1H3. The Morgan fingerprint density at radius 2 is 1.76 bits per heavy atom. The Hall–Kier alpha value is -3.16. The molecule has 0 aliphatic rings. The molecule has 8 nitrogen and oxygen atoms in total. The number of rotatable bonds is 3. The van der Waals surface area contributed by atoms with E-state index in [1.807, 2.05) is 0 Å². The number of azo groups is 1. The molecule has 0 radical (unpaired) electrons. The summed E-state index contributed by atoms with van der Waals surface area (Å²) < 4.78 is 0. The lowest BCUT2D eigenvalue weighted by Crippen LogP contribution is -1.86. The van der Waals surface area contributed by atoms with Crippen molar-refractivity contribution >= 4 is 17.1 Å². The van der Waals surface area contributed by atoms with Crippen LogP contribution in [0.15, 0.2) is 40.6 Å². The lowest BCUT2D eigenvalue weighted by atomic mass is 10.2. The van der Waals surface area contributed by atoms with E-state index in [9.17, 15) is 25.4 Å². The summed E-state index contributed by atoms with van der Waals surface area (Å²) in [5, 5.41) is 46.7. The third-order valence-electron chi connectivity index (χ3n) is 2.69. The average molecular weight is 289 g/mol. The highest BCUT2D eigenvalue weighted by atomic mass is 16.6. The zero-order chi connectivity index (χ0) is 15.6. The first kappa shape index (κ1) is 14.3. The number of hydrogen-bond donors (Lipinski definition) is 3. The fourth-order valence-corrected chi connectivity index (χ4v) is 1.68. The number of nitro groups is 1. The molecule has 0 heterocycles. The summed E-state index contributed by atoms with van der Waals surface area (Å²) in [5.41, 5.74) is 0.212. The molecule has 8 heteroatoms. The quantitative estimate of drug-likeness (QED) is 0.453. The summed E-state index contributed by atoms with van der Waals surface area (Å²) in [7, 11) is 0. The van der Waals surface area contributed by atoms with Crippen molar-refractivity contribution in [2.24, 2.45) is 10.2 Å². The summed E-state index contributed by atoms with van der Waals surface area (Å²) in [4.78, 5) is 10.0. The Labute approximate surface area is 118 Å². The molecule has 21 heavy (non-hydrogen) atoms. The van der Waals surface area contributed by atoms with Gasteiger partial charge in [0.2, 0.25) is 0 Å². The lowest BCUT2D eigenvalue weighted by Gasteiger charge is -2.03. The molecule has 0 saturated carbocycles. The predicted octanol–water partition coefficient (Wildman–Crippen LogP) is 3.44. The van der Waals surface area contributed by atoms with Crippen molar-refractivity contribution in [2.45, 2.75) is 6.92 Å². The molecule has 0 atom stereocenters. The summed E-state index contributed by atoms with van der Waals surface area (Å²) in [6.07, 6.45) is 0. The van der Waals surface area contributed by atoms with Gasteiger partial charge in [0, 0.05) is 18.2 Å². The maximum absolute atomic E-state index is 10.7. The molecule has 3 N–H and O–H groups in total. The molecule has 0 aliphatic carbocycles. The smallest absolute Gasteiger partial charge is 0.271 e. The number of nitrogens with zero attached hydrogens (tertiary/aromatic N) is 3. The van der Waals surface area contributed by atoms with Gasteiger partial charge in [-0.05, 0) is 24.6 Å². The first-order valence-electron chi connectivity index (χ1n) is 5.80. The van der Waals surface area contributed by atoms with Crippen LogP contribution in [0.2, 0.25) is 0 Å². The van der Waals surface area contributed by atoms with Gasteiger partial charge in [-0.3, -0.25) is 10.1 Å². The SMILES string of the molecule is Cc1cc(O)cc(O)c1N=Nc1cc([N+](=O)[O-])ccc1O. The van der Waals surface area contributed by atoms with Crippen molar-refractivity contribution < 1.29 is 20.2 Å². The summed E-state index contributed by atoms with van der Waals surface area (Å²) in [6, 6.07) is 5.80. The molecule has 0 aliphatic heterocycles. The van der Waals surface area contributed by atoms with Gasteiger partial charge in [0.1, 0.15) is 28.6 Å². The lowest BCUT2D eigenvalue weighted by molar-refractivity contribution is -0.384. The number of phenols is 3. The van der Waals surface area contributed by atoms with E-state index in [2.05, 4.69) is 10.2 Å². The van der Waals surface area contributed by atoms with Gasteiger partial charge in [-0.1, -0.05) is 0 Å². The molecule has 2 aromatic rings. The second kappa shape index (κ2) is 5.45. The highest BCUT2D eigenvalue weighted by Crippen LogP contribution is 2.37. The zero-order valence-electron chi connectivity index (χ0n) is 10.9. The van der Waals surface area contributed by atoms with E-state index in [0.29, 0.717) is 5.56 Å². The summed E-state index contributed by atoms with van der Waals surface area (Å²) >= 11 is 0. The first-order chi connectivity index (χ1) is 9.88. The van der Waals surface area contributed by atoms with Gasteiger partial charge in [-0.2, -0.15) is 0 Å². The van der Waals surface area contributed by atoms with Crippen LogP contribution in [0, 0.1) is 17.0 Å². The molecule has 0 bridgehead atoms. The fourth-order valence-electron chi connectivity index (χ4n) is 1.68. The van der Waals surface area contributed by atoms with Crippen LogP contribution in [0.5, 0.6) is 17.2 Å². The van der Waals surface area contributed by atoms with Crippen LogP contribution in [-0.2, 0) is 0 Å². The summed E-state index contributed by atoms with van der Waals surface area (Å²) in [5.74, 6) is -0.691. The van der Waals surface area contributed by atoms with Crippen LogP contribution >= 0.6 is 0 Å². The number of aromatic hydroxyl groups is 3. The molecule has 2 aromatic carbocycles. The van der Waals surface area contributed by atoms with Crippen LogP contribution < -0.4 is 0 Å². The molecule has 108 valence electrons. The van der Waals surface area contributed by atoms with Crippen molar-refractivity contribution in [2.75, 3.05) is 0 Å². The Morgan fingerprint density at radius 3 is 2.38 bits per heavy atom. The summed E-state index contributed by atoms with van der Waals surface area (Å²) in [6.45, 7) is 1.60. The van der Waals surface area contributed by atoms with Gasteiger partial charge in [-0.25, -0.2) is 0 Å². The predicted molar refractivity (Wildman–Crippen MR) is 73.4 cm³/mol. The first-order valence-corrected chi connectivity index (χ1v) is 5.80. The van der Waals surface area contributed by atoms with E-state index in [1.54, 1.807) is 6.92 Å². The Kier molecular flexibility index (Phi) is 3.70. The molecule has 0 spiro atoms. The second-order valence-corrected chi connectivity index (χ2v) is 4.26. The third-order valence-corrected chi connectivity index (χ3v) is 2.69. The van der Waals surface area contributed by atoms with Gasteiger partial charge in [0.15, 0.2) is 0 Å². The molecule has 0 amide bonds. The largest absolute Gasteiger partial charge is 0.508 e. The topological polar surface area (TPSA) is 129 Å². The fraction of sp³-hybridized carbons (Fsp3) is 0.0769. The molecule has 0 fully saturated rings. The van der Waals surface area contributed by atoms with Gasteiger partial charge >= 0.3 is 0 Å². The molecular weight excluding hydrogens is 278 g/mol.